The lowest BCUT2D eigenvalue weighted by Gasteiger charge is -2.22. The van der Waals surface area contributed by atoms with Crippen LogP contribution >= 0.6 is 24.2 Å². The van der Waals surface area contributed by atoms with E-state index < -0.39 is 22.4 Å². The molecule has 0 spiro atoms. The second kappa shape index (κ2) is 9.17. The highest BCUT2D eigenvalue weighted by molar-refractivity contribution is 8.00. The third-order valence-electron chi connectivity index (χ3n) is 3.20. The van der Waals surface area contributed by atoms with Crippen molar-refractivity contribution in [3.63, 3.8) is 0 Å². The molecular formula is C18H21ClF2N2OS. The number of halogens is 3. The Labute approximate surface area is 156 Å². The fourth-order valence-corrected chi connectivity index (χ4v) is 3.07. The van der Waals surface area contributed by atoms with Gasteiger partial charge in [0.1, 0.15) is 5.25 Å². The number of carbonyl (C=O) groups excluding carboxylic acids is 1. The second-order valence-electron chi connectivity index (χ2n) is 6.19. The highest BCUT2D eigenvalue weighted by Crippen LogP contribution is 2.36. The molecule has 1 amide bonds. The molecule has 0 aliphatic rings. The number of benzene rings is 2. The molecule has 0 heterocycles. The summed E-state index contributed by atoms with van der Waals surface area (Å²) in [7, 11) is 0. The van der Waals surface area contributed by atoms with E-state index in [1.165, 1.54) is 6.07 Å². The Balaban J connectivity index is 0.00000312. The molecule has 0 fully saturated rings. The lowest BCUT2D eigenvalue weighted by Crippen LogP contribution is -2.46. The van der Waals surface area contributed by atoms with Gasteiger partial charge in [0.2, 0.25) is 5.91 Å². The van der Waals surface area contributed by atoms with E-state index in [4.69, 9.17) is 5.73 Å². The van der Waals surface area contributed by atoms with Gasteiger partial charge in [-0.1, -0.05) is 30.3 Å². The van der Waals surface area contributed by atoms with Crippen molar-refractivity contribution in [3.8, 4) is 0 Å². The van der Waals surface area contributed by atoms with Crippen LogP contribution in [0, 0.1) is 11.6 Å². The first-order valence-corrected chi connectivity index (χ1v) is 8.37. The van der Waals surface area contributed by atoms with Gasteiger partial charge in [-0.25, -0.2) is 8.78 Å². The van der Waals surface area contributed by atoms with Crippen LogP contribution in [-0.2, 0) is 4.79 Å². The molecule has 0 aliphatic carbocycles. The van der Waals surface area contributed by atoms with E-state index >= 15 is 0 Å². The van der Waals surface area contributed by atoms with Crippen LogP contribution in [0.4, 0.5) is 8.78 Å². The van der Waals surface area contributed by atoms with E-state index in [2.05, 4.69) is 5.32 Å². The molecule has 0 bridgehead atoms. The van der Waals surface area contributed by atoms with Crippen LogP contribution in [0.3, 0.4) is 0 Å². The van der Waals surface area contributed by atoms with Gasteiger partial charge in [-0.15, -0.1) is 24.2 Å². The fraction of sp³-hybridized carbons (Fsp3) is 0.278. The number of rotatable bonds is 6. The molecule has 25 heavy (non-hydrogen) atoms. The Morgan fingerprint density at radius 1 is 1.16 bits per heavy atom. The molecule has 3 N–H and O–H groups in total. The van der Waals surface area contributed by atoms with Crippen molar-refractivity contribution in [2.75, 3.05) is 6.54 Å². The zero-order chi connectivity index (χ0) is 17.7. The Bertz CT molecular complexity index is 708. The first-order chi connectivity index (χ1) is 11.3. The normalized spacial score (nSPS) is 12.2. The van der Waals surface area contributed by atoms with E-state index in [0.717, 1.165) is 29.5 Å². The minimum absolute atomic E-state index is 0. The van der Waals surface area contributed by atoms with E-state index in [0.29, 0.717) is 11.4 Å². The summed E-state index contributed by atoms with van der Waals surface area (Å²) < 4.78 is 26.5. The smallest absolute Gasteiger partial charge is 0.238 e. The van der Waals surface area contributed by atoms with Crippen LogP contribution in [0.2, 0.25) is 0 Å². The van der Waals surface area contributed by atoms with Gasteiger partial charge in [0.15, 0.2) is 11.6 Å². The van der Waals surface area contributed by atoms with Gasteiger partial charge in [-0.3, -0.25) is 4.79 Å². The van der Waals surface area contributed by atoms with Gasteiger partial charge in [-0.2, -0.15) is 0 Å². The molecule has 2 aromatic carbocycles. The first-order valence-electron chi connectivity index (χ1n) is 7.49. The van der Waals surface area contributed by atoms with Crippen LogP contribution in [-0.4, -0.2) is 18.0 Å². The highest BCUT2D eigenvalue weighted by Gasteiger charge is 2.24. The summed E-state index contributed by atoms with van der Waals surface area (Å²) in [4.78, 5) is 13.1. The summed E-state index contributed by atoms with van der Waals surface area (Å²) in [6.07, 6.45) is 0. The number of carbonyl (C=O) groups is 1. The lowest BCUT2D eigenvalue weighted by molar-refractivity contribution is -0.120. The van der Waals surface area contributed by atoms with Crippen molar-refractivity contribution in [3.05, 3.63) is 65.7 Å². The number of nitrogens with two attached hydrogens (primary N) is 1. The molecule has 1 atom stereocenters. The molecule has 0 aliphatic heterocycles. The van der Waals surface area contributed by atoms with Crippen molar-refractivity contribution in [1.29, 1.82) is 0 Å². The molecule has 0 aromatic heterocycles. The van der Waals surface area contributed by atoms with Crippen LogP contribution in [0.25, 0.3) is 0 Å². The molecule has 0 radical (unpaired) electrons. The lowest BCUT2D eigenvalue weighted by atomic mass is 10.1. The number of amides is 1. The van der Waals surface area contributed by atoms with Gasteiger partial charge in [0.05, 0.1) is 0 Å². The standard InChI is InChI=1S/C18H20F2N2OS.ClH/c1-18(2,21)11-22-17(23)16(12-6-4-3-5-7-12)24-13-8-9-14(19)15(20)10-13;/h3-10,16H,11,21H2,1-2H3,(H,22,23);1H. The number of nitrogens with one attached hydrogen (secondary N) is 1. The molecular weight excluding hydrogens is 366 g/mol. The summed E-state index contributed by atoms with van der Waals surface area (Å²) in [5.41, 5.74) is 6.14. The Morgan fingerprint density at radius 2 is 1.80 bits per heavy atom. The maximum atomic E-state index is 13.4. The van der Waals surface area contributed by atoms with Crippen molar-refractivity contribution < 1.29 is 13.6 Å². The maximum absolute atomic E-state index is 13.4. The summed E-state index contributed by atoms with van der Waals surface area (Å²) in [5, 5.41) is 2.23. The van der Waals surface area contributed by atoms with Crippen LogP contribution < -0.4 is 11.1 Å². The second-order valence-corrected chi connectivity index (χ2v) is 7.37. The molecule has 0 saturated heterocycles. The SMILES string of the molecule is CC(C)(N)CNC(=O)C(Sc1ccc(F)c(F)c1)c1ccccc1.Cl. The predicted molar refractivity (Wildman–Crippen MR) is 99.9 cm³/mol. The third-order valence-corrected chi connectivity index (χ3v) is 4.45. The average molecular weight is 387 g/mol. The zero-order valence-electron chi connectivity index (χ0n) is 14.0. The molecule has 7 heteroatoms. The van der Waals surface area contributed by atoms with Gasteiger partial charge >= 0.3 is 0 Å². The molecule has 0 saturated carbocycles. The topological polar surface area (TPSA) is 55.1 Å². The van der Waals surface area contributed by atoms with Gasteiger partial charge in [-0.05, 0) is 37.6 Å². The summed E-state index contributed by atoms with van der Waals surface area (Å²) in [5.74, 6) is -2.07. The van der Waals surface area contributed by atoms with Gasteiger partial charge < -0.3 is 11.1 Å². The first kappa shape index (κ1) is 21.4. The fourth-order valence-electron chi connectivity index (χ4n) is 1.99. The van der Waals surface area contributed by atoms with Gasteiger partial charge in [0, 0.05) is 17.0 Å². The minimum atomic E-state index is -0.935. The van der Waals surface area contributed by atoms with E-state index in [1.807, 2.05) is 44.2 Å². The Morgan fingerprint density at radius 3 is 2.36 bits per heavy atom. The van der Waals surface area contributed by atoms with Crippen molar-refractivity contribution in [2.24, 2.45) is 5.73 Å². The average Bonchev–Trinajstić information content (AvgIpc) is 2.54. The minimum Gasteiger partial charge on any atom is -0.353 e. The predicted octanol–water partition coefficient (Wildman–Crippen LogP) is 4.07. The molecule has 3 nitrogen and oxygen atoms in total. The number of hydrogen-bond acceptors (Lipinski definition) is 3. The monoisotopic (exact) mass is 386 g/mol. The van der Waals surface area contributed by atoms with Crippen LogP contribution in [0.1, 0.15) is 24.7 Å². The van der Waals surface area contributed by atoms with E-state index in [-0.39, 0.29) is 18.3 Å². The van der Waals surface area contributed by atoms with Crippen molar-refractivity contribution in [2.45, 2.75) is 29.5 Å². The molecule has 2 aromatic rings. The summed E-state index contributed by atoms with van der Waals surface area (Å²) >= 11 is 1.16. The summed E-state index contributed by atoms with van der Waals surface area (Å²) in [6, 6.07) is 12.8. The molecule has 2 rings (SSSR count). The van der Waals surface area contributed by atoms with Crippen molar-refractivity contribution in [1.82, 2.24) is 5.32 Å². The van der Waals surface area contributed by atoms with Crippen molar-refractivity contribution >= 4 is 30.1 Å². The zero-order valence-corrected chi connectivity index (χ0v) is 15.6. The molecule has 1 unspecified atom stereocenters. The van der Waals surface area contributed by atoms with Gasteiger partial charge in [0.25, 0.3) is 0 Å². The number of hydrogen-bond donors (Lipinski definition) is 2. The molecule has 136 valence electrons. The van der Waals surface area contributed by atoms with Crippen LogP contribution in [0.15, 0.2) is 53.4 Å². The quantitative estimate of drug-likeness (QED) is 0.736. The van der Waals surface area contributed by atoms with E-state index in [1.54, 1.807) is 0 Å². The summed E-state index contributed by atoms with van der Waals surface area (Å²) in [6.45, 7) is 3.94. The Hall–Kier alpha value is -1.63. The third kappa shape index (κ3) is 6.65. The number of thioether (sulfide) groups is 1. The highest BCUT2D eigenvalue weighted by atomic mass is 35.5. The van der Waals surface area contributed by atoms with Crippen LogP contribution in [0.5, 0.6) is 0 Å². The largest absolute Gasteiger partial charge is 0.353 e. The Kier molecular flexibility index (Phi) is 7.86. The maximum Gasteiger partial charge on any atom is 0.238 e. The van der Waals surface area contributed by atoms with E-state index in [9.17, 15) is 13.6 Å².